The van der Waals surface area contributed by atoms with Gasteiger partial charge >= 0.3 is 6.03 Å². The van der Waals surface area contributed by atoms with Crippen LogP contribution in [-0.4, -0.2) is 101 Å². The first kappa shape index (κ1) is 32.3. The topological polar surface area (TPSA) is 105 Å². The second kappa shape index (κ2) is 14.4. The van der Waals surface area contributed by atoms with Crippen LogP contribution in [-0.2, 0) is 16.1 Å². The maximum atomic E-state index is 13.9. The van der Waals surface area contributed by atoms with Gasteiger partial charge in [-0.3, -0.25) is 14.4 Å². The number of carbonyl (C=O) groups excluding carboxylic acids is 4. The highest BCUT2D eigenvalue weighted by Crippen LogP contribution is 2.28. The number of likely N-dealkylation sites (tertiary alicyclic amines) is 3. The van der Waals surface area contributed by atoms with Crippen molar-refractivity contribution >= 4 is 41.0 Å². The van der Waals surface area contributed by atoms with E-state index in [2.05, 4.69) is 15.5 Å². The molecule has 246 valence electrons. The number of piperidine rings is 3. The summed E-state index contributed by atoms with van der Waals surface area (Å²) in [6.07, 6.45) is 6.74. The average Bonchev–Trinajstić information content (AvgIpc) is 3.07. The first-order valence-electron chi connectivity index (χ1n) is 16.8. The molecule has 5 amide bonds. The number of para-hydroxylation sites is 1. The largest absolute Gasteiger partial charge is 0.342 e. The van der Waals surface area contributed by atoms with Gasteiger partial charge in [-0.05, 0) is 93.9 Å². The van der Waals surface area contributed by atoms with Crippen molar-refractivity contribution in [2.24, 2.45) is 0 Å². The molecule has 0 saturated carbocycles. The summed E-state index contributed by atoms with van der Waals surface area (Å²) in [5.41, 5.74) is 3.12. The number of urea groups is 1. The van der Waals surface area contributed by atoms with Crippen LogP contribution in [0.2, 0.25) is 5.02 Å². The van der Waals surface area contributed by atoms with Gasteiger partial charge in [0.05, 0.1) is 6.42 Å². The van der Waals surface area contributed by atoms with Crippen LogP contribution in [0.15, 0.2) is 42.5 Å². The molecule has 0 aromatic heterocycles. The highest BCUT2D eigenvalue weighted by Gasteiger charge is 2.36. The summed E-state index contributed by atoms with van der Waals surface area (Å²) in [6.45, 7) is 6.84. The van der Waals surface area contributed by atoms with Gasteiger partial charge in [-0.25, -0.2) is 4.79 Å². The lowest BCUT2D eigenvalue weighted by Crippen LogP contribution is -2.55. The van der Waals surface area contributed by atoms with E-state index in [4.69, 9.17) is 11.6 Å². The van der Waals surface area contributed by atoms with Gasteiger partial charge in [-0.2, -0.15) is 0 Å². The molecule has 3 saturated heterocycles. The van der Waals surface area contributed by atoms with Crippen molar-refractivity contribution in [3.63, 3.8) is 0 Å². The number of fused-ring (bicyclic) bond motifs is 1. The Morgan fingerprint density at radius 2 is 1.57 bits per heavy atom. The van der Waals surface area contributed by atoms with Crippen LogP contribution in [0.1, 0.15) is 72.9 Å². The maximum absolute atomic E-state index is 13.9. The van der Waals surface area contributed by atoms with Crippen LogP contribution in [0.3, 0.4) is 0 Å². The Labute approximate surface area is 276 Å². The second-order valence-electron chi connectivity index (χ2n) is 13.2. The van der Waals surface area contributed by atoms with Crippen molar-refractivity contribution < 1.29 is 19.2 Å². The number of hydrogen-bond donors (Lipinski definition) is 2. The number of rotatable bonds is 7. The predicted octanol–water partition coefficient (Wildman–Crippen LogP) is 4.65. The number of hydrogen-bond acceptors (Lipinski definition) is 5. The maximum Gasteiger partial charge on any atom is 0.322 e. The number of anilines is 1. The average molecular weight is 649 g/mol. The van der Waals surface area contributed by atoms with Crippen LogP contribution in [0.5, 0.6) is 0 Å². The Morgan fingerprint density at radius 3 is 2.28 bits per heavy atom. The lowest BCUT2D eigenvalue weighted by atomic mass is 9.98. The first-order chi connectivity index (χ1) is 22.2. The molecule has 0 bridgehead atoms. The number of amides is 5. The summed E-state index contributed by atoms with van der Waals surface area (Å²) in [4.78, 5) is 61.9. The summed E-state index contributed by atoms with van der Waals surface area (Å²) in [5, 5.41) is 6.32. The standard InChI is InChI=1S/C35H45ClN6O4/c1-24-19-26(21-27(36)20-24)33(44)37-31(34(45)41-17-9-28(10-18-41)39-13-5-2-6-14-39)22-32(43)40-15-11-29(12-16-40)42-23-25-7-3-4-8-30(25)38-35(42)46/h3-4,7-8,19-21,28-29,31H,2,5-6,9-18,22-23H2,1H3,(H,37,44)(H,38,46)/t31-/m0/s1. The Hall–Kier alpha value is -3.63. The van der Waals surface area contributed by atoms with Gasteiger partial charge in [0.2, 0.25) is 11.8 Å². The van der Waals surface area contributed by atoms with Gasteiger partial charge in [-0.15, -0.1) is 0 Å². The molecule has 0 unspecified atom stereocenters. The van der Waals surface area contributed by atoms with Crippen molar-refractivity contribution in [1.82, 2.24) is 24.9 Å². The molecule has 11 heteroatoms. The van der Waals surface area contributed by atoms with E-state index in [1.54, 1.807) is 23.1 Å². The molecular weight excluding hydrogens is 604 g/mol. The summed E-state index contributed by atoms with van der Waals surface area (Å²) in [5.74, 6) is -0.804. The van der Waals surface area contributed by atoms with E-state index < -0.39 is 11.9 Å². The van der Waals surface area contributed by atoms with Gasteiger partial charge < -0.3 is 30.2 Å². The Balaban J connectivity index is 1.09. The smallest absolute Gasteiger partial charge is 0.322 e. The molecule has 0 aliphatic carbocycles. The number of benzene rings is 2. The fourth-order valence-electron chi connectivity index (χ4n) is 7.51. The highest BCUT2D eigenvalue weighted by atomic mass is 35.5. The molecule has 4 aliphatic rings. The molecule has 10 nitrogen and oxygen atoms in total. The Kier molecular flexibility index (Phi) is 10.1. The summed E-state index contributed by atoms with van der Waals surface area (Å²) in [6, 6.07) is 12.3. The first-order valence-corrected chi connectivity index (χ1v) is 17.2. The minimum Gasteiger partial charge on any atom is -0.342 e. The van der Waals surface area contributed by atoms with Crippen LogP contribution >= 0.6 is 11.6 Å². The van der Waals surface area contributed by atoms with E-state index in [0.717, 1.165) is 42.7 Å². The summed E-state index contributed by atoms with van der Waals surface area (Å²) < 4.78 is 0. The lowest BCUT2D eigenvalue weighted by Gasteiger charge is -2.41. The predicted molar refractivity (Wildman–Crippen MR) is 178 cm³/mol. The molecule has 0 radical (unpaired) electrons. The number of nitrogens with one attached hydrogen (secondary N) is 2. The van der Waals surface area contributed by atoms with Crippen molar-refractivity contribution in [1.29, 1.82) is 0 Å². The van der Waals surface area contributed by atoms with Gasteiger partial charge in [0.15, 0.2) is 0 Å². The zero-order valence-corrected chi connectivity index (χ0v) is 27.4. The molecule has 4 aliphatic heterocycles. The van der Waals surface area contributed by atoms with E-state index in [1.165, 1.54) is 19.3 Å². The van der Waals surface area contributed by atoms with Gasteiger partial charge in [0, 0.05) is 61.1 Å². The minimum absolute atomic E-state index is 0.0156. The SMILES string of the molecule is Cc1cc(Cl)cc(C(=O)N[C@@H](CC(=O)N2CCC(N3Cc4ccccc4NC3=O)CC2)C(=O)N2CCC(N3CCCCC3)CC2)c1. The third-order valence-corrected chi connectivity index (χ3v) is 10.3. The van der Waals surface area contributed by atoms with Crippen LogP contribution in [0.4, 0.5) is 10.5 Å². The van der Waals surface area contributed by atoms with Crippen molar-refractivity contribution in [3.05, 3.63) is 64.2 Å². The number of aryl methyl sites for hydroxylation is 1. The van der Waals surface area contributed by atoms with E-state index in [0.29, 0.717) is 62.2 Å². The van der Waals surface area contributed by atoms with Gasteiger partial charge in [0.25, 0.3) is 5.91 Å². The number of nitrogens with zero attached hydrogens (tertiary/aromatic N) is 4. The number of halogens is 1. The molecule has 2 aromatic carbocycles. The van der Waals surface area contributed by atoms with E-state index in [1.807, 2.05) is 41.0 Å². The zero-order chi connectivity index (χ0) is 32.2. The summed E-state index contributed by atoms with van der Waals surface area (Å²) in [7, 11) is 0. The monoisotopic (exact) mass is 648 g/mol. The van der Waals surface area contributed by atoms with Gasteiger partial charge in [0.1, 0.15) is 6.04 Å². The van der Waals surface area contributed by atoms with E-state index in [9.17, 15) is 19.2 Å². The van der Waals surface area contributed by atoms with Crippen LogP contribution in [0.25, 0.3) is 0 Å². The van der Waals surface area contributed by atoms with E-state index >= 15 is 0 Å². The normalized spacial score (nSPS) is 20.6. The fourth-order valence-corrected chi connectivity index (χ4v) is 7.80. The molecule has 4 heterocycles. The Morgan fingerprint density at radius 1 is 0.891 bits per heavy atom. The molecule has 0 spiro atoms. The molecular formula is C35H45ClN6O4. The van der Waals surface area contributed by atoms with Crippen molar-refractivity contribution in [2.75, 3.05) is 44.6 Å². The minimum atomic E-state index is -0.979. The highest BCUT2D eigenvalue weighted by molar-refractivity contribution is 6.31. The molecule has 1 atom stereocenters. The molecule has 46 heavy (non-hydrogen) atoms. The molecule has 2 aromatic rings. The van der Waals surface area contributed by atoms with Crippen molar-refractivity contribution in [2.45, 2.75) is 83.0 Å². The third-order valence-electron chi connectivity index (χ3n) is 10.1. The lowest BCUT2D eigenvalue weighted by molar-refractivity contribution is -0.140. The van der Waals surface area contributed by atoms with Gasteiger partial charge in [-0.1, -0.05) is 36.2 Å². The van der Waals surface area contributed by atoms with E-state index in [-0.39, 0.29) is 30.3 Å². The third kappa shape index (κ3) is 7.50. The van der Waals surface area contributed by atoms with Crippen LogP contribution in [0, 0.1) is 6.92 Å². The fraction of sp³-hybridized carbons (Fsp3) is 0.543. The molecule has 3 fully saturated rings. The van der Waals surface area contributed by atoms with Crippen molar-refractivity contribution in [3.8, 4) is 0 Å². The molecule has 6 rings (SSSR count). The number of carbonyl (C=O) groups is 4. The Bertz CT molecular complexity index is 1430. The second-order valence-corrected chi connectivity index (χ2v) is 13.7. The molecule has 2 N–H and O–H groups in total. The van der Waals surface area contributed by atoms with Crippen LogP contribution < -0.4 is 10.6 Å². The quantitative estimate of drug-likeness (QED) is 0.455. The zero-order valence-electron chi connectivity index (χ0n) is 26.7. The summed E-state index contributed by atoms with van der Waals surface area (Å²) >= 11 is 6.23.